The van der Waals surface area contributed by atoms with Crippen LogP contribution in [0.4, 0.5) is 0 Å². The summed E-state index contributed by atoms with van der Waals surface area (Å²) >= 11 is 0. The van der Waals surface area contributed by atoms with E-state index in [1.807, 2.05) is 57.1 Å². The molecule has 3 fully saturated rings. The van der Waals surface area contributed by atoms with Gasteiger partial charge in [-0.15, -0.1) is 0 Å². The van der Waals surface area contributed by atoms with Crippen molar-refractivity contribution >= 4 is 11.8 Å². The molecule has 176 valence electrons. The van der Waals surface area contributed by atoms with Gasteiger partial charge in [0, 0.05) is 45.8 Å². The summed E-state index contributed by atoms with van der Waals surface area (Å²) in [5, 5.41) is 5.66. The van der Waals surface area contributed by atoms with Gasteiger partial charge in [0.1, 0.15) is 12.2 Å². The third kappa shape index (κ3) is 11.6. The molecule has 0 spiro atoms. The Morgan fingerprint density at radius 3 is 1.82 bits per heavy atom. The van der Waals surface area contributed by atoms with Gasteiger partial charge in [-0.1, -0.05) is 0 Å². The van der Waals surface area contributed by atoms with Crippen molar-refractivity contribution in [1.29, 1.82) is 0 Å². The van der Waals surface area contributed by atoms with Crippen molar-refractivity contribution < 1.29 is 31.1 Å². The standard InChI is InChI=1S/C20H27N4O3.C5H5.Fe/c25-19-14-20(26)22-8-10-24(16-18-6-3-13-27-18)12-11-23(9-7-21-19)15-17-4-1-2-5-17;1-2-4-5-3-1;/h1-6,13H,7-12,14-16H2,(H,21,25)(H,22,26);1-5H;/q;;+2. The summed E-state index contributed by atoms with van der Waals surface area (Å²) in [6, 6.07) is 3.85. The molecule has 4 rings (SSSR count). The van der Waals surface area contributed by atoms with Crippen LogP contribution in [0.3, 0.4) is 0 Å². The summed E-state index contributed by atoms with van der Waals surface area (Å²) in [6.45, 7) is 5.76. The van der Waals surface area contributed by atoms with Gasteiger partial charge in [-0.05, 0) is 75.8 Å². The molecule has 10 radical (unpaired) electrons. The van der Waals surface area contributed by atoms with E-state index in [-0.39, 0.29) is 35.3 Å². The molecule has 33 heavy (non-hydrogen) atoms. The Kier molecular flexibility index (Phi) is 13.8. The van der Waals surface area contributed by atoms with E-state index in [2.05, 4.69) is 33.3 Å². The Bertz CT molecular complexity index is 653. The molecule has 0 bridgehead atoms. The summed E-state index contributed by atoms with van der Waals surface area (Å²) in [4.78, 5) is 28.4. The Hall–Kier alpha value is -1.34. The fraction of sp³-hybridized carbons (Fsp3) is 0.360. The van der Waals surface area contributed by atoms with Gasteiger partial charge in [0.15, 0.2) is 0 Å². The maximum atomic E-state index is 11.9. The topological polar surface area (TPSA) is 77.8 Å². The number of carbonyl (C=O) groups is 2. The molecule has 2 saturated carbocycles. The second kappa shape index (κ2) is 16.3. The minimum absolute atomic E-state index is 0. The minimum atomic E-state index is -0.238. The first-order valence-electron chi connectivity index (χ1n) is 11.1. The Morgan fingerprint density at radius 2 is 1.30 bits per heavy atom. The van der Waals surface area contributed by atoms with Crippen LogP contribution in [-0.4, -0.2) is 67.4 Å². The number of nitrogens with zero attached hydrogens (tertiary/aromatic N) is 2. The molecule has 1 aromatic rings. The molecule has 2 N–H and O–H groups in total. The molecule has 0 atom stereocenters. The van der Waals surface area contributed by atoms with E-state index in [9.17, 15) is 9.59 Å². The smallest absolute Gasteiger partial charge is 0.468 e. The number of furan rings is 1. The normalized spacial score (nSPS) is 22.1. The van der Waals surface area contributed by atoms with Gasteiger partial charge >= 0.3 is 17.1 Å². The molecule has 1 aliphatic heterocycles. The van der Waals surface area contributed by atoms with Crippen LogP contribution >= 0.6 is 0 Å². The first kappa shape index (κ1) is 27.9. The maximum absolute atomic E-state index is 11.9. The monoisotopic (exact) mass is 492 g/mol. The van der Waals surface area contributed by atoms with Crippen LogP contribution in [0.25, 0.3) is 0 Å². The van der Waals surface area contributed by atoms with Crippen LogP contribution in [0.2, 0.25) is 0 Å². The molecular formula is C25H32FeN4O3+2. The molecule has 0 aromatic carbocycles. The van der Waals surface area contributed by atoms with Crippen molar-refractivity contribution in [2.45, 2.75) is 13.0 Å². The van der Waals surface area contributed by atoms with Gasteiger partial charge in [-0.25, -0.2) is 0 Å². The maximum Gasteiger partial charge on any atom is 2.00 e. The molecule has 2 amide bonds. The van der Waals surface area contributed by atoms with Crippen LogP contribution in [0.5, 0.6) is 0 Å². The second-order valence-corrected chi connectivity index (χ2v) is 7.76. The van der Waals surface area contributed by atoms with E-state index in [4.69, 9.17) is 4.42 Å². The molecular weight excluding hydrogens is 460 g/mol. The summed E-state index contributed by atoms with van der Waals surface area (Å²) in [6.07, 6.45) is 19.9. The van der Waals surface area contributed by atoms with Crippen LogP contribution in [0, 0.1) is 63.7 Å². The van der Waals surface area contributed by atoms with Gasteiger partial charge in [0.2, 0.25) is 11.8 Å². The number of hydrogen-bond acceptors (Lipinski definition) is 5. The van der Waals surface area contributed by atoms with Crippen molar-refractivity contribution in [3.63, 3.8) is 0 Å². The summed E-state index contributed by atoms with van der Waals surface area (Å²) in [5.41, 5.74) is 0. The molecule has 2 heterocycles. The average Bonchev–Trinajstić information content (AvgIpc) is 3.56. The van der Waals surface area contributed by atoms with Crippen LogP contribution in [-0.2, 0) is 33.2 Å². The third-order valence-corrected chi connectivity index (χ3v) is 5.21. The van der Waals surface area contributed by atoms with Gasteiger partial charge < -0.3 is 15.1 Å². The quantitative estimate of drug-likeness (QED) is 0.492. The molecule has 0 unspecified atom stereocenters. The Morgan fingerprint density at radius 1 is 0.758 bits per heavy atom. The fourth-order valence-corrected chi connectivity index (χ4v) is 3.52. The zero-order valence-corrected chi connectivity index (χ0v) is 19.9. The Labute approximate surface area is 209 Å². The van der Waals surface area contributed by atoms with E-state index >= 15 is 0 Å². The molecule has 8 heteroatoms. The van der Waals surface area contributed by atoms with Gasteiger partial charge in [0.05, 0.1) is 12.8 Å². The van der Waals surface area contributed by atoms with E-state index < -0.39 is 0 Å². The van der Waals surface area contributed by atoms with E-state index in [0.717, 1.165) is 31.9 Å². The first-order chi connectivity index (χ1) is 15.7. The van der Waals surface area contributed by atoms with Crippen molar-refractivity contribution in [3.05, 3.63) is 87.9 Å². The minimum Gasteiger partial charge on any atom is -0.468 e. The largest absolute Gasteiger partial charge is 2.00 e. The van der Waals surface area contributed by atoms with E-state index in [1.54, 1.807) is 6.26 Å². The summed E-state index contributed by atoms with van der Waals surface area (Å²) in [5.74, 6) is 1.70. The van der Waals surface area contributed by atoms with Crippen molar-refractivity contribution in [2.75, 3.05) is 45.8 Å². The number of carbonyl (C=O) groups excluding carboxylic acids is 2. The van der Waals surface area contributed by atoms with Crippen LogP contribution in [0.15, 0.2) is 22.8 Å². The predicted molar refractivity (Wildman–Crippen MR) is 123 cm³/mol. The molecule has 3 aliphatic rings. The second-order valence-electron chi connectivity index (χ2n) is 7.76. The molecule has 7 nitrogen and oxygen atoms in total. The number of hydrogen-bond donors (Lipinski definition) is 2. The summed E-state index contributed by atoms with van der Waals surface area (Å²) < 4.78 is 5.48. The van der Waals surface area contributed by atoms with Crippen LogP contribution < -0.4 is 10.6 Å². The molecule has 1 aromatic heterocycles. The molecule has 2 aliphatic carbocycles. The zero-order chi connectivity index (χ0) is 22.4. The van der Waals surface area contributed by atoms with E-state index in [1.165, 1.54) is 5.92 Å². The van der Waals surface area contributed by atoms with Gasteiger partial charge in [-0.3, -0.25) is 19.4 Å². The first-order valence-corrected chi connectivity index (χ1v) is 11.1. The number of rotatable bonds is 4. The van der Waals surface area contributed by atoms with Crippen LogP contribution in [0.1, 0.15) is 12.2 Å². The van der Waals surface area contributed by atoms with Crippen molar-refractivity contribution in [2.24, 2.45) is 0 Å². The molecule has 1 saturated heterocycles. The number of amides is 2. The zero-order valence-electron chi connectivity index (χ0n) is 18.8. The third-order valence-electron chi connectivity index (χ3n) is 5.21. The van der Waals surface area contributed by atoms with Crippen molar-refractivity contribution in [3.8, 4) is 0 Å². The van der Waals surface area contributed by atoms with E-state index in [0.29, 0.717) is 26.2 Å². The van der Waals surface area contributed by atoms with Gasteiger partial charge in [-0.2, -0.15) is 0 Å². The Balaban J connectivity index is 0.000000568. The fourth-order valence-electron chi connectivity index (χ4n) is 3.52. The SMILES string of the molecule is O=C1CC(=O)NCCN(Cc2ccco2)CCN(C[C]2[CH][CH][CH][CH]2)CCN1.[CH]1[CH][CH][CH][CH]1.[Fe+2]. The average molecular weight is 492 g/mol. The predicted octanol–water partition coefficient (Wildman–Crippen LogP) is 1.44. The summed E-state index contributed by atoms with van der Waals surface area (Å²) in [7, 11) is 0. The van der Waals surface area contributed by atoms with Gasteiger partial charge in [0.25, 0.3) is 0 Å². The van der Waals surface area contributed by atoms with Crippen molar-refractivity contribution in [1.82, 2.24) is 20.4 Å². The number of nitrogens with one attached hydrogen (secondary N) is 2.